The SMILES string of the molecule is COc1cc(F)cc(-c2c3c(nn2C)CN(C(=O)c2ccnc(OC)c2C)CC3)c1. The maximum Gasteiger partial charge on any atom is 0.254 e. The van der Waals surface area contributed by atoms with Gasteiger partial charge in [-0.15, -0.1) is 0 Å². The van der Waals surface area contributed by atoms with Crippen LogP contribution in [-0.2, 0) is 20.0 Å². The summed E-state index contributed by atoms with van der Waals surface area (Å²) in [5.41, 5.74) is 4.67. The zero-order valence-electron chi connectivity index (χ0n) is 17.4. The van der Waals surface area contributed by atoms with E-state index >= 15 is 0 Å². The van der Waals surface area contributed by atoms with Gasteiger partial charge in [0.1, 0.15) is 11.6 Å². The van der Waals surface area contributed by atoms with Crippen LogP contribution < -0.4 is 9.47 Å². The Morgan fingerprint density at radius 3 is 2.73 bits per heavy atom. The summed E-state index contributed by atoms with van der Waals surface area (Å²) in [6.07, 6.45) is 2.20. The monoisotopic (exact) mass is 410 g/mol. The van der Waals surface area contributed by atoms with Crippen LogP contribution in [0.4, 0.5) is 4.39 Å². The Kier molecular flexibility index (Phi) is 5.15. The highest BCUT2D eigenvalue weighted by Crippen LogP contribution is 2.33. The van der Waals surface area contributed by atoms with Gasteiger partial charge in [0, 0.05) is 48.1 Å². The normalized spacial score (nSPS) is 13.2. The highest BCUT2D eigenvalue weighted by molar-refractivity contribution is 5.96. The summed E-state index contributed by atoms with van der Waals surface area (Å²) in [5.74, 6) is 0.445. The van der Waals surface area contributed by atoms with Gasteiger partial charge in [0.05, 0.1) is 32.2 Å². The van der Waals surface area contributed by atoms with E-state index in [1.165, 1.54) is 26.4 Å². The lowest BCUT2D eigenvalue weighted by molar-refractivity contribution is 0.0731. The van der Waals surface area contributed by atoms with Crippen molar-refractivity contribution in [3.8, 4) is 22.9 Å². The molecule has 0 atom stereocenters. The summed E-state index contributed by atoms with van der Waals surface area (Å²) in [7, 11) is 4.87. The van der Waals surface area contributed by atoms with Gasteiger partial charge in [-0.1, -0.05) is 0 Å². The molecule has 3 aromatic rings. The number of nitrogens with zero attached hydrogens (tertiary/aromatic N) is 4. The number of aromatic nitrogens is 3. The van der Waals surface area contributed by atoms with Gasteiger partial charge in [0.2, 0.25) is 5.88 Å². The van der Waals surface area contributed by atoms with Crippen LogP contribution >= 0.6 is 0 Å². The van der Waals surface area contributed by atoms with Crippen molar-refractivity contribution in [2.24, 2.45) is 7.05 Å². The fourth-order valence-electron chi connectivity index (χ4n) is 4.00. The van der Waals surface area contributed by atoms with Crippen LogP contribution in [-0.4, -0.2) is 46.3 Å². The number of aryl methyl sites for hydroxylation is 1. The number of halogens is 1. The number of fused-ring (bicyclic) bond motifs is 1. The van der Waals surface area contributed by atoms with Crippen LogP contribution in [0.2, 0.25) is 0 Å². The molecule has 0 saturated heterocycles. The van der Waals surface area contributed by atoms with Crippen molar-refractivity contribution < 1.29 is 18.7 Å². The van der Waals surface area contributed by atoms with Crippen molar-refractivity contribution in [2.75, 3.05) is 20.8 Å². The smallest absolute Gasteiger partial charge is 0.254 e. The van der Waals surface area contributed by atoms with Gasteiger partial charge in [0.25, 0.3) is 5.91 Å². The number of amides is 1. The first-order valence-electron chi connectivity index (χ1n) is 9.61. The molecule has 0 radical (unpaired) electrons. The fraction of sp³-hybridized carbons (Fsp3) is 0.318. The molecule has 4 rings (SSSR count). The summed E-state index contributed by atoms with van der Waals surface area (Å²) < 4.78 is 26.2. The van der Waals surface area contributed by atoms with Crippen LogP contribution in [0.5, 0.6) is 11.6 Å². The Balaban J connectivity index is 1.66. The molecule has 7 nitrogen and oxygen atoms in total. The quantitative estimate of drug-likeness (QED) is 0.661. The van der Waals surface area contributed by atoms with E-state index in [1.807, 2.05) is 14.0 Å². The minimum absolute atomic E-state index is 0.0847. The number of rotatable bonds is 4. The molecule has 0 N–H and O–H groups in total. The van der Waals surface area contributed by atoms with Gasteiger partial charge in [-0.05, 0) is 31.5 Å². The summed E-state index contributed by atoms with van der Waals surface area (Å²) in [4.78, 5) is 19.0. The van der Waals surface area contributed by atoms with Gasteiger partial charge in [-0.2, -0.15) is 5.10 Å². The van der Waals surface area contributed by atoms with Crippen LogP contribution in [0.25, 0.3) is 11.3 Å². The zero-order valence-corrected chi connectivity index (χ0v) is 17.4. The molecule has 156 valence electrons. The van der Waals surface area contributed by atoms with E-state index in [-0.39, 0.29) is 11.7 Å². The van der Waals surface area contributed by atoms with Crippen molar-refractivity contribution in [3.05, 3.63) is 58.7 Å². The van der Waals surface area contributed by atoms with Gasteiger partial charge in [-0.25, -0.2) is 9.37 Å². The van der Waals surface area contributed by atoms with E-state index in [0.29, 0.717) is 47.8 Å². The van der Waals surface area contributed by atoms with Crippen LogP contribution in [0, 0.1) is 12.7 Å². The molecule has 3 heterocycles. The number of carbonyl (C=O) groups is 1. The number of pyridine rings is 1. The standard InChI is InChI=1S/C22H23FN4O3/c1-13-17(5-7-24-21(13)30-4)22(28)27-8-6-18-19(12-27)25-26(2)20(18)14-9-15(23)11-16(10-14)29-3/h5,7,9-11H,6,8,12H2,1-4H3. The summed E-state index contributed by atoms with van der Waals surface area (Å²) in [6.45, 7) is 2.75. The molecular weight excluding hydrogens is 387 g/mol. The molecule has 1 aromatic carbocycles. The molecule has 1 aliphatic heterocycles. The van der Waals surface area contributed by atoms with Crippen LogP contribution in [0.15, 0.2) is 30.5 Å². The predicted molar refractivity (Wildman–Crippen MR) is 109 cm³/mol. The average molecular weight is 410 g/mol. The first-order chi connectivity index (χ1) is 14.4. The topological polar surface area (TPSA) is 69.5 Å². The Hall–Kier alpha value is -3.42. The second-order valence-electron chi connectivity index (χ2n) is 7.25. The number of hydrogen-bond acceptors (Lipinski definition) is 5. The number of carbonyl (C=O) groups excluding carboxylic acids is 1. The number of ether oxygens (including phenoxy) is 2. The molecule has 0 bridgehead atoms. The molecule has 1 amide bonds. The Labute approximate surface area is 174 Å². The summed E-state index contributed by atoms with van der Waals surface area (Å²) in [6, 6.07) is 6.32. The molecule has 1 aliphatic rings. The third-order valence-electron chi connectivity index (χ3n) is 5.45. The third-order valence-corrected chi connectivity index (χ3v) is 5.45. The van der Waals surface area contributed by atoms with E-state index in [0.717, 1.165) is 17.0 Å². The van der Waals surface area contributed by atoms with Crippen LogP contribution in [0.3, 0.4) is 0 Å². The van der Waals surface area contributed by atoms with E-state index in [2.05, 4.69) is 10.1 Å². The molecular formula is C22H23FN4O3. The second-order valence-corrected chi connectivity index (χ2v) is 7.25. The second kappa shape index (κ2) is 7.78. The van der Waals surface area contributed by atoms with Crippen molar-refractivity contribution in [1.82, 2.24) is 19.7 Å². The van der Waals surface area contributed by atoms with E-state index < -0.39 is 0 Å². The van der Waals surface area contributed by atoms with E-state index in [9.17, 15) is 9.18 Å². The lowest BCUT2D eigenvalue weighted by atomic mass is 9.98. The van der Waals surface area contributed by atoms with E-state index in [4.69, 9.17) is 9.47 Å². The molecule has 8 heteroatoms. The first-order valence-corrected chi connectivity index (χ1v) is 9.61. The van der Waals surface area contributed by atoms with Crippen molar-refractivity contribution >= 4 is 5.91 Å². The Morgan fingerprint density at radius 1 is 1.20 bits per heavy atom. The molecule has 0 spiro atoms. The predicted octanol–water partition coefficient (Wildman–Crippen LogP) is 3.15. The number of hydrogen-bond donors (Lipinski definition) is 0. The van der Waals surface area contributed by atoms with Crippen molar-refractivity contribution in [2.45, 2.75) is 19.9 Å². The molecule has 0 saturated carbocycles. The Morgan fingerprint density at radius 2 is 2.00 bits per heavy atom. The van der Waals surface area contributed by atoms with Crippen molar-refractivity contribution in [1.29, 1.82) is 0 Å². The van der Waals surface area contributed by atoms with E-state index in [1.54, 1.807) is 27.9 Å². The van der Waals surface area contributed by atoms with Crippen molar-refractivity contribution in [3.63, 3.8) is 0 Å². The summed E-state index contributed by atoms with van der Waals surface area (Å²) in [5, 5.41) is 4.62. The first kappa shape index (κ1) is 19.9. The van der Waals surface area contributed by atoms with Gasteiger partial charge < -0.3 is 14.4 Å². The average Bonchev–Trinajstić information content (AvgIpc) is 3.07. The molecule has 0 unspecified atom stereocenters. The number of benzene rings is 1. The molecule has 0 fully saturated rings. The molecule has 2 aromatic heterocycles. The van der Waals surface area contributed by atoms with Gasteiger partial charge in [0.15, 0.2) is 0 Å². The van der Waals surface area contributed by atoms with Gasteiger partial charge >= 0.3 is 0 Å². The Bertz CT molecular complexity index is 1130. The fourth-order valence-corrected chi connectivity index (χ4v) is 4.00. The third kappa shape index (κ3) is 3.38. The zero-order chi connectivity index (χ0) is 21.4. The highest BCUT2D eigenvalue weighted by atomic mass is 19.1. The lowest BCUT2D eigenvalue weighted by Crippen LogP contribution is -2.36. The molecule has 30 heavy (non-hydrogen) atoms. The maximum atomic E-state index is 14.0. The summed E-state index contributed by atoms with van der Waals surface area (Å²) >= 11 is 0. The van der Waals surface area contributed by atoms with Crippen LogP contribution in [0.1, 0.15) is 27.2 Å². The minimum atomic E-state index is -0.367. The molecule has 0 aliphatic carbocycles. The largest absolute Gasteiger partial charge is 0.497 e. The minimum Gasteiger partial charge on any atom is -0.497 e. The number of methoxy groups -OCH3 is 2. The maximum absolute atomic E-state index is 14.0. The highest BCUT2D eigenvalue weighted by Gasteiger charge is 2.29. The lowest BCUT2D eigenvalue weighted by Gasteiger charge is -2.27. The van der Waals surface area contributed by atoms with Gasteiger partial charge in [-0.3, -0.25) is 9.48 Å².